The van der Waals surface area contributed by atoms with Crippen molar-refractivity contribution < 1.29 is 18.0 Å². The van der Waals surface area contributed by atoms with Crippen LogP contribution in [0.5, 0.6) is 0 Å². The molecule has 0 heterocycles. The third-order valence-electron chi connectivity index (χ3n) is 11.5. The van der Waals surface area contributed by atoms with Gasteiger partial charge in [-0.2, -0.15) is 4.72 Å². The maximum Gasteiger partial charge on any atom is 0.251 e. The third-order valence-corrected chi connectivity index (χ3v) is 13.6. The summed E-state index contributed by atoms with van der Waals surface area (Å²) in [5.74, 6) is 4.81. The van der Waals surface area contributed by atoms with Crippen molar-refractivity contribution >= 4 is 33.4 Å². The van der Waals surface area contributed by atoms with Gasteiger partial charge in [0.25, 0.3) is 5.91 Å². The van der Waals surface area contributed by atoms with Crippen molar-refractivity contribution in [3.63, 3.8) is 0 Å². The van der Waals surface area contributed by atoms with Crippen LogP contribution in [0.1, 0.15) is 88.4 Å². The molecule has 1 aromatic carbocycles. The number of hydrogen-bond acceptors (Lipinski definition) is 4. The first kappa shape index (κ1) is 27.2. The van der Waals surface area contributed by atoms with E-state index >= 15 is 0 Å². The molecule has 0 atom stereocenters. The van der Waals surface area contributed by atoms with Gasteiger partial charge < -0.3 is 10.6 Å². The molecule has 8 fully saturated rings. The molecule has 8 aliphatic carbocycles. The summed E-state index contributed by atoms with van der Waals surface area (Å²) in [7, 11) is -4.11. The van der Waals surface area contributed by atoms with Crippen LogP contribution in [0.2, 0.25) is 5.02 Å². The van der Waals surface area contributed by atoms with Gasteiger partial charge in [0.15, 0.2) is 0 Å². The van der Waals surface area contributed by atoms with Crippen molar-refractivity contribution in [2.24, 2.45) is 47.3 Å². The summed E-state index contributed by atoms with van der Waals surface area (Å²) in [5.41, 5.74) is -0.997. The average molecular weight is 588 g/mol. The highest BCUT2D eigenvalue weighted by atomic mass is 35.5. The van der Waals surface area contributed by atoms with Gasteiger partial charge in [-0.05, 0) is 144 Å². The molecule has 9 rings (SSSR count). The van der Waals surface area contributed by atoms with Gasteiger partial charge in [0.2, 0.25) is 15.9 Å². The molecule has 0 aliphatic heterocycles. The van der Waals surface area contributed by atoms with Crippen LogP contribution in [0, 0.1) is 47.3 Å². The Kier molecular flexibility index (Phi) is 6.60. The third kappa shape index (κ3) is 4.80. The van der Waals surface area contributed by atoms with Crippen LogP contribution in [0.4, 0.5) is 0 Å². The van der Waals surface area contributed by atoms with Gasteiger partial charge in [0.1, 0.15) is 10.4 Å². The second kappa shape index (κ2) is 9.70. The van der Waals surface area contributed by atoms with E-state index < -0.39 is 15.6 Å². The van der Waals surface area contributed by atoms with E-state index in [2.05, 4.69) is 15.4 Å². The van der Waals surface area contributed by atoms with Crippen LogP contribution in [-0.4, -0.2) is 37.9 Å². The highest BCUT2D eigenvalue weighted by molar-refractivity contribution is 7.89. The number of nitrogens with one attached hydrogen (secondary N) is 3. The fourth-order valence-electron chi connectivity index (χ4n) is 10.2. The van der Waals surface area contributed by atoms with Crippen molar-refractivity contribution in [1.82, 2.24) is 15.4 Å². The van der Waals surface area contributed by atoms with Crippen molar-refractivity contribution in [1.29, 1.82) is 0 Å². The Labute approximate surface area is 243 Å². The molecule has 0 saturated heterocycles. The Hall–Kier alpha value is -1.64. The van der Waals surface area contributed by atoms with E-state index in [1.165, 1.54) is 82.4 Å². The van der Waals surface area contributed by atoms with E-state index in [4.69, 9.17) is 11.6 Å². The normalized spacial score (nSPS) is 39.4. The van der Waals surface area contributed by atoms with Crippen molar-refractivity contribution in [3.8, 4) is 0 Å². The predicted octanol–water partition coefficient (Wildman–Crippen LogP) is 4.89. The van der Waals surface area contributed by atoms with Gasteiger partial charge in [-0.1, -0.05) is 11.6 Å². The standard InChI is InChI=1S/C31H42ClN3O4S/c1-31(2,30(37)34-28-23-11-18-6-19(13-23)14-24(28)12-18)35-40(38,39)26-4-3-20(15-25(26)32)29(36)33-27-21-7-16-5-17(9-21)10-22(27)8-16/h3-4,15-19,21-24,27-28,35H,5-14H2,1-2H3,(H,33,36)(H,34,37). The Morgan fingerprint density at radius 3 is 1.65 bits per heavy atom. The van der Waals surface area contributed by atoms with Crippen LogP contribution in [0.3, 0.4) is 0 Å². The van der Waals surface area contributed by atoms with Crippen LogP contribution in [0.25, 0.3) is 0 Å². The van der Waals surface area contributed by atoms with E-state index in [1.54, 1.807) is 13.8 Å². The van der Waals surface area contributed by atoms with E-state index in [9.17, 15) is 18.0 Å². The molecule has 8 aliphatic rings. The molecule has 3 N–H and O–H groups in total. The lowest BCUT2D eigenvalue weighted by Gasteiger charge is -2.54. The molecule has 9 heteroatoms. The minimum atomic E-state index is -4.11. The van der Waals surface area contributed by atoms with Gasteiger partial charge in [-0.25, -0.2) is 8.42 Å². The van der Waals surface area contributed by atoms with Crippen LogP contribution >= 0.6 is 11.6 Å². The number of sulfonamides is 1. The first-order chi connectivity index (χ1) is 18.9. The van der Waals surface area contributed by atoms with Crippen LogP contribution in [-0.2, 0) is 14.8 Å². The lowest BCUT2D eigenvalue weighted by Crippen LogP contribution is -2.62. The molecule has 40 heavy (non-hydrogen) atoms. The maximum atomic E-state index is 13.4. The van der Waals surface area contributed by atoms with Crippen molar-refractivity contribution in [2.45, 2.75) is 101 Å². The summed E-state index contributed by atoms with van der Waals surface area (Å²) in [6, 6.07) is 4.65. The van der Waals surface area contributed by atoms with E-state index in [0.29, 0.717) is 29.2 Å². The smallest absolute Gasteiger partial charge is 0.251 e. The van der Waals surface area contributed by atoms with Gasteiger partial charge in [0, 0.05) is 17.6 Å². The fourth-order valence-corrected chi connectivity index (χ4v) is 12.1. The van der Waals surface area contributed by atoms with Crippen LogP contribution in [0.15, 0.2) is 23.1 Å². The molecule has 0 spiro atoms. The molecule has 1 aromatic rings. The van der Waals surface area contributed by atoms with E-state index in [-0.39, 0.29) is 33.8 Å². The summed E-state index contributed by atoms with van der Waals surface area (Å²) in [6.07, 6.45) is 12.2. The molecule has 0 aromatic heterocycles. The molecular formula is C31H42ClN3O4S. The lowest BCUT2D eigenvalue weighted by atomic mass is 9.54. The first-order valence-electron chi connectivity index (χ1n) is 15.4. The highest BCUT2D eigenvalue weighted by Gasteiger charge is 2.50. The Balaban J connectivity index is 1.01. The minimum Gasteiger partial charge on any atom is -0.351 e. The number of hydrogen-bond donors (Lipinski definition) is 3. The second-order valence-electron chi connectivity index (χ2n) is 14.7. The number of rotatable bonds is 7. The molecule has 0 radical (unpaired) electrons. The number of halogens is 1. The SMILES string of the molecule is CC(C)(NS(=O)(=O)c1ccc(C(=O)NC2C3CC4CC(C3)CC2C4)cc1Cl)C(=O)NC1C2CC3CC(C2)CC1C3. The van der Waals surface area contributed by atoms with Crippen molar-refractivity contribution in [3.05, 3.63) is 28.8 Å². The van der Waals surface area contributed by atoms with Gasteiger partial charge in [0.05, 0.1) is 5.02 Å². The predicted molar refractivity (Wildman–Crippen MR) is 153 cm³/mol. The molecule has 2 amide bonds. The Morgan fingerprint density at radius 2 is 1.20 bits per heavy atom. The summed E-state index contributed by atoms with van der Waals surface area (Å²) >= 11 is 6.47. The summed E-state index contributed by atoms with van der Waals surface area (Å²) < 4.78 is 29.4. The fraction of sp³-hybridized carbons (Fsp3) is 0.742. The van der Waals surface area contributed by atoms with Crippen LogP contribution < -0.4 is 15.4 Å². The second-order valence-corrected chi connectivity index (χ2v) is 16.8. The Bertz CT molecular complexity index is 1270. The highest BCUT2D eigenvalue weighted by Crippen LogP contribution is 2.54. The maximum absolute atomic E-state index is 13.4. The Morgan fingerprint density at radius 1 is 0.750 bits per heavy atom. The number of benzene rings is 1. The zero-order valence-electron chi connectivity index (χ0n) is 23.5. The average Bonchev–Trinajstić information content (AvgIpc) is 2.86. The first-order valence-corrected chi connectivity index (χ1v) is 17.3. The number of carbonyl (C=O) groups excluding carboxylic acids is 2. The molecule has 8 bridgehead atoms. The summed E-state index contributed by atoms with van der Waals surface area (Å²) in [6.45, 7) is 3.19. The summed E-state index contributed by atoms with van der Waals surface area (Å²) in [4.78, 5) is 26.4. The minimum absolute atomic E-state index is 0.0255. The van der Waals surface area contributed by atoms with Gasteiger partial charge in [-0.3, -0.25) is 9.59 Å². The van der Waals surface area contributed by atoms with Gasteiger partial charge >= 0.3 is 0 Å². The number of amides is 2. The monoisotopic (exact) mass is 587 g/mol. The molecule has 8 saturated carbocycles. The lowest BCUT2D eigenvalue weighted by molar-refractivity contribution is -0.129. The molecule has 218 valence electrons. The topological polar surface area (TPSA) is 104 Å². The summed E-state index contributed by atoms with van der Waals surface area (Å²) in [5, 5.41) is 6.46. The van der Waals surface area contributed by atoms with Crippen molar-refractivity contribution in [2.75, 3.05) is 0 Å². The van der Waals surface area contributed by atoms with Gasteiger partial charge in [-0.15, -0.1) is 0 Å². The quantitative estimate of drug-likeness (QED) is 0.422. The van der Waals surface area contributed by atoms with E-state index in [1.807, 2.05) is 0 Å². The zero-order chi connectivity index (χ0) is 28.0. The molecule has 7 nitrogen and oxygen atoms in total. The zero-order valence-corrected chi connectivity index (χ0v) is 25.1. The largest absolute Gasteiger partial charge is 0.351 e. The molecule has 0 unspecified atom stereocenters. The molecular weight excluding hydrogens is 546 g/mol. The van der Waals surface area contributed by atoms with E-state index in [0.717, 1.165) is 23.7 Å². The number of carbonyl (C=O) groups is 2.